The monoisotopic (exact) mass is 430 g/mol. The third-order valence-electron chi connectivity index (χ3n) is 3.79. The van der Waals surface area contributed by atoms with Gasteiger partial charge in [-0.3, -0.25) is 4.79 Å². The SMILES string of the molecule is Cc1c(CBr)ccc(F)c1C(=O)c1c(F)ccc(CBr)c1C. The smallest absolute Gasteiger partial charge is 0.199 e. The molecule has 2 rings (SSSR count). The lowest BCUT2D eigenvalue weighted by molar-refractivity contribution is 0.103. The molecular formula is C17H14Br2F2O. The van der Waals surface area contributed by atoms with Gasteiger partial charge >= 0.3 is 0 Å². The minimum absolute atomic E-state index is 0.0642. The lowest BCUT2D eigenvalue weighted by Crippen LogP contribution is -2.13. The summed E-state index contributed by atoms with van der Waals surface area (Å²) in [6.45, 7) is 3.35. The van der Waals surface area contributed by atoms with Crippen LogP contribution in [0.25, 0.3) is 0 Å². The number of hydrogen-bond donors (Lipinski definition) is 0. The molecule has 0 spiro atoms. The second kappa shape index (κ2) is 7.01. The molecule has 2 aromatic carbocycles. The Hall–Kier alpha value is -1.07. The highest BCUT2D eigenvalue weighted by Crippen LogP contribution is 2.27. The highest BCUT2D eigenvalue weighted by molar-refractivity contribution is 9.08. The Kier molecular flexibility index (Phi) is 5.50. The standard InChI is InChI=1S/C17H14Br2F2O/c1-9-11(7-18)3-5-13(20)15(9)17(22)16-10(2)12(8-19)4-6-14(16)21/h3-6H,7-8H2,1-2H3. The van der Waals surface area contributed by atoms with Gasteiger partial charge in [0.25, 0.3) is 0 Å². The van der Waals surface area contributed by atoms with Gasteiger partial charge in [-0.15, -0.1) is 0 Å². The Bertz CT molecular complexity index is 680. The zero-order valence-electron chi connectivity index (χ0n) is 12.1. The number of ketones is 1. The van der Waals surface area contributed by atoms with Gasteiger partial charge in [-0.25, -0.2) is 8.78 Å². The van der Waals surface area contributed by atoms with Crippen LogP contribution >= 0.6 is 31.9 Å². The van der Waals surface area contributed by atoms with Crippen LogP contribution in [0.1, 0.15) is 38.2 Å². The molecule has 1 nitrogen and oxygen atoms in total. The van der Waals surface area contributed by atoms with Crippen LogP contribution in [0.15, 0.2) is 24.3 Å². The molecule has 2 aromatic rings. The van der Waals surface area contributed by atoms with Crippen molar-refractivity contribution in [3.8, 4) is 0 Å². The first-order chi connectivity index (χ1) is 10.4. The van der Waals surface area contributed by atoms with Crippen LogP contribution < -0.4 is 0 Å². The molecule has 116 valence electrons. The first kappa shape index (κ1) is 17.3. The number of halogens is 4. The van der Waals surface area contributed by atoms with Gasteiger partial charge in [0.1, 0.15) is 11.6 Å². The number of rotatable bonds is 4. The summed E-state index contributed by atoms with van der Waals surface area (Å²) in [7, 11) is 0. The fourth-order valence-corrected chi connectivity index (χ4v) is 3.63. The molecule has 0 aliphatic heterocycles. The number of benzene rings is 2. The molecule has 0 aromatic heterocycles. The number of carbonyl (C=O) groups excluding carboxylic acids is 1. The van der Waals surface area contributed by atoms with Gasteiger partial charge in [0.15, 0.2) is 5.78 Å². The summed E-state index contributed by atoms with van der Waals surface area (Å²) in [5.41, 5.74) is 2.55. The van der Waals surface area contributed by atoms with Gasteiger partial charge in [0.2, 0.25) is 0 Å². The highest BCUT2D eigenvalue weighted by atomic mass is 79.9. The van der Waals surface area contributed by atoms with E-state index in [-0.39, 0.29) is 11.1 Å². The van der Waals surface area contributed by atoms with Crippen molar-refractivity contribution in [2.45, 2.75) is 24.5 Å². The summed E-state index contributed by atoms with van der Waals surface area (Å²) >= 11 is 6.62. The van der Waals surface area contributed by atoms with Crippen molar-refractivity contribution in [1.29, 1.82) is 0 Å². The van der Waals surface area contributed by atoms with Crippen LogP contribution in [0.3, 0.4) is 0 Å². The maximum absolute atomic E-state index is 14.2. The Morgan fingerprint density at radius 3 is 1.55 bits per heavy atom. The van der Waals surface area contributed by atoms with Crippen molar-refractivity contribution in [1.82, 2.24) is 0 Å². The topological polar surface area (TPSA) is 17.1 Å². The van der Waals surface area contributed by atoms with E-state index in [1.165, 1.54) is 12.1 Å². The molecule has 0 saturated carbocycles. The van der Waals surface area contributed by atoms with Gasteiger partial charge in [0.05, 0.1) is 11.1 Å². The van der Waals surface area contributed by atoms with Crippen LogP contribution in [0.2, 0.25) is 0 Å². The van der Waals surface area contributed by atoms with E-state index in [0.717, 1.165) is 11.1 Å². The molecule has 0 amide bonds. The van der Waals surface area contributed by atoms with E-state index in [4.69, 9.17) is 0 Å². The molecule has 0 bridgehead atoms. The van der Waals surface area contributed by atoms with Gasteiger partial charge < -0.3 is 0 Å². The van der Waals surface area contributed by atoms with Crippen LogP contribution in [0.5, 0.6) is 0 Å². The zero-order valence-corrected chi connectivity index (χ0v) is 15.3. The Morgan fingerprint density at radius 1 is 0.864 bits per heavy atom. The first-order valence-corrected chi connectivity index (χ1v) is 8.89. The molecule has 0 unspecified atom stereocenters. The molecule has 0 atom stereocenters. The predicted molar refractivity (Wildman–Crippen MR) is 91.0 cm³/mol. The van der Waals surface area contributed by atoms with E-state index in [9.17, 15) is 13.6 Å². The third kappa shape index (κ3) is 3.01. The van der Waals surface area contributed by atoms with E-state index in [1.807, 2.05) is 0 Å². The van der Waals surface area contributed by atoms with Gasteiger partial charge in [-0.2, -0.15) is 0 Å². The average Bonchev–Trinajstić information content (AvgIpc) is 2.48. The summed E-state index contributed by atoms with van der Waals surface area (Å²) < 4.78 is 28.4. The van der Waals surface area contributed by atoms with Gasteiger partial charge in [0, 0.05) is 10.7 Å². The zero-order chi connectivity index (χ0) is 16.4. The molecule has 0 saturated heterocycles. The fraction of sp³-hybridized carbons (Fsp3) is 0.235. The van der Waals surface area contributed by atoms with E-state index in [1.54, 1.807) is 26.0 Å². The van der Waals surface area contributed by atoms with Crippen molar-refractivity contribution in [3.63, 3.8) is 0 Å². The first-order valence-electron chi connectivity index (χ1n) is 6.65. The number of hydrogen-bond acceptors (Lipinski definition) is 1. The molecule has 0 aliphatic carbocycles. The third-order valence-corrected chi connectivity index (χ3v) is 5.00. The van der Waals surface area contributed by atoms with E-state index < -0.39 is 17.4 Å². The van der Waals surface area contributed by atoms with Crippen molar-refractivity contribution in [3.05, 3.63) is 69.3 Å². The maximum atomic E-state index is 14.2. The van der Waals surface area contributed by atoms with Crippen molar-refractivity contribution < 1.29 is 13.6 Å². The fourth-order valence-electron chi connectivity index (χ4n) is 2.42. The Labute approximate surface area is 145 Å². The highest BCUT2D eigenvalue weighted by Gasteiger charge is 2.24. The summed E-state index contributed by atoms with van der Waals surface area (Å²) in [4.78, 5) is 12.8. The van der Waals surface area contributed by atoms with Gasteiger partial charge in [-0.1, -0.05) is 44.0 Å². The second-order valence-corrected chi connectivity index (χ2v) is 6.13. The molecule has 5 heteroatoms. The van der Waals surface area contributed by atoms with Crippen molar-refractivity contribution in [2.75, 3.05) is 0 Å². The summed E-state index contributed by atoms with van der Waals surface area (Å²) in [5.74, 6) is -1.87. The largest absolute Gasteiger partial charge is 0.288 e. The minimum Gasteiger partial charge on any atom is -0.288 e. The van der Waals surface area contributed by atoms with Crippen LogP contribution in [-0.2, 0) is 10.7 Å². The summed E-state index contributed by atoms with van der Waals surface area (Å²) in [5, 5.41) is 1.00. The molecule has 0 heterocycles. The molecule has 22 heavy (non-hydrogen) atoms. The normalized spacial score (nSPS) is 10.8. The van der Waals surface area contributed by atoms with Gasteiger partial charge in [-0.05, 0) is 48.2 Å². The van der Waals surface area contributed by atoms with Crippen molar-refractivity contribution in [2.24, 2.45) is 0 Å². The molecule has 0 fully saturated rings. The lowest BCUT2D eigenvalue weighted by atomic mass is 9.91. The van der Waals surface area contributed by atoms with E-state index in [2.05, 4.69) is 31.9 Å². The maximum Gasteiger partial charge on any atom is 0.199 e. The van der Waals surface area contributed by atoms with Crippen LogP contribution in [-0.4, -0.2) is 5.78 Å². The molecule has 0 aliphatic rings. The number of alkyl halides is 2. The molecule has 0 radical (unpaired) electrons. The van der Waals surface area contributed by atoms with E-state index in [0.29, 0.717) is 21.8 Å². The van der Waals surface area contributed by atoms with Crippen LogP contribution in [0.4, 0.5) is 8.78 Å². The minimum atomic E-state index is -0.629. The molecular weight excluding hydrogens is 418 g/mol. The quantitative estimate of drug-likeness (QED) is 0.454. The summed E-state index contributed by atoms with van der Waals surface area (Å²) in [6.07, 6.45) is 0. The van der Waals surface area contributed by atoms with Crippen molar-refractivity contribution >= 4 is 37.6 Å². The predicted octanol–water partition coefficient (Wildman–Crippen LogP) is 5.60. The molecule has 0 N–H and O–H groups in total. The average molecular weight is 432 g/mol. The summed E-state index contributed by atoms with van der Waals surface area (Å²) in [6, 6.07) is 5.74. The Balaban J connectivity index is 2.69. The number of carbonyl (C=O) groups is 1. The van der Waals surface area contributed by atoms with E-state index >= 15 is 0 Å². The second-order valence-electron chi connectivity index (χ2n) is 5.01. The lowest BCUT2D eigenvalue weighted by Gasteiger charge is -2.14. The van der Waals surface area contributed by atoms with Crippen LogP contribution in [0, 0.1) is 25.5 Å². The Morgan fingerprint density at radius 2 is 1.23 bits per heavy atom.